The lowest BCUT2D eigenvalue weighted by molar-refractivity contribution is -0.125. The lowest BCUT2D eigenvalue weighted by Gasteiger charge is -2.02. The number of carbonyl (C=O) groups excluding carboxylic acids is 1. The van der Waals surface area contributed by atoms with Gasteiger partial charge < -0.3 is 10.8 Å². The summed E-state index contributed by atoms with van der Waals surface area (Å²) in [6.45, 7) is 0.801. The maximum absolute atomic E-state index is 10.2. The van der Waals surface area contributed by atoms with Gasteiger partial charge in [-0.1, -0.05) is 0 Å². The van der Waals surface area contributed by atoms with Gasteiger partial charge in [0.2, 0.25) is 5.91 Å². The number of amides is 1. The minimum Gasteiger partial charge on any atom is -0.396 e. The van der Waals surface area contributed by atoms with Gasteiger partial charge in [-0.2, -0.15) is 0 Å². The van der Waals surface area contributed by atoms with E-state index < -0.39 is 5.91 Å². The summed E-state index contributed by atoms with van der Waals surface area (Å²) in [4.78, 5) is 14.8. The number of aliphatic hydroxyl groups is 1. The van der Waals surface area contributed by atoms with Gasteiger partial charge in [0, 0.05) is 13.2 Å². The lowest BCUT2D eigenvalue weighted by atomic mass is 10.2. The van der Waals surface area contributed by atoms with Gasteiger partial charge in [0.15, 0.2) is 0 Å². The van der Waals surface area contributed by atoms with E-state index in [0.717, 1.165) is 19.3 Å². The first kappa shape index (κ1) is 11.4. The van der Waals surface area contributed by atoms with Crippen LogP contribution in [0.3, 0.4) is 0 Å². The molecule has 0 aliphatic rings. The predicted octanol–water partition coefficient (Wildman–Crippen LogP) is -0.845. The fourth-order valence-electron chi connectivity index (χ4n) is 0.680. The van der Waals surface area contributed by atoms with Crippen LogP contribution in [0.2, 0.25) is 0 Å². The number of nitrogens with two attached hydrogens (primary N) is 1. The van der Waals surface area contributed by atoms with Crippen LogP contribution >= 0.6 is 0 Å². The molecule has 5 nitrogen and oxygen atoms in total. The topological polar surface area (TPSA) is 84.6 Å². The third-order valence-electron chi connectivity index (χ3n) is 1.25. The first-order valence-electron chi connectivity index (χ1n) is 4.01. The first-order valence-corrected chi connectivity index (χ1v) is 4.01. The maximum Gasteiger partial charge on any atom is 0.245 e. The Morgan fingerprint density at radius 1 is 1.42 bits per heavy atom. The molecule has 0 spiro atoms. The second kappa shape index (κ2) is 8.45. The fraction of sp³-hybridized carbons (Fsp3) is 0.857. The summed E-state index contributed by atoms with van der Waals surface area (Å²) in [5.74, 6) is -0.488. The Bertz CT molecular complexity index is 119. The van der Waals surface area contributed by atoms with Gasteiger partial charge in [-0.3, -0.25) is 9.63 Å². The summed E-state index contributed by atoms with van der Waals surface area (Å²) in [7, 11) is 0. The van der Waals surface area contributed by atoms with Gasteiger partial charge in [-0.25, -0.2) is 5.48 Å². The number of hydrogen-bond acceptors (Lipinski definition) is 4. The second-order valence-corrected chi connectivity index (χ2v) is 2.43. The van der Waals surface area contributed by atoms with Crippen LogP contribution < -0.4 is 11.2 Å². The van der Waals surface area contributed by atoms with Crippen LogP contribution in [0.25, 0.3) is 0 Å². The Labute approximate surface area is 71.8 Å². The van der Waals surface area contributed by atoms with Gasteiger partial charge in [0.1, 0.15) is 6.61 Å². The van der Waals surface area contributed by atoms with Crippen molar-refractivity contribution in [3.63, 3.8) is 0 Å². The van der Waals surface area contributed by atoms with Gasteiger partial charge in [0.25, 0.3) is 0 Å². The highest BCUT2D eigenvalue weighted by molar-refractivity contribution is 5.74. The molecule has 72 valence electrons. The normalized spacial score (nSPS) is 10.1. The van der Waals surface area contributed by atoms with Crippen molar-refractivity contribution in [3.05, 3.63) is 0 Å². The van der Waals surface area contributed by atoms with E-state index in [-0.39, 0.29) is 13.2 Å². The Balaban J connectivity index is 2.86. The van der Waals surface area contributed by atoms with Gasteiger partial charge in [-0.05, 0) is 19.3 Å². The average molecular weight is 176 g/mol. The molecule has 0 heterocycles. The molecule has 4 N–H and O–H groups in total. The highest BCUT2D eigenvalue weighted by Crippen LogP contribution is 1.91. The zero-order valence-electron chi connectivity index (χ0n) is 7.08. The molecule has 1 amide bonds. The van der Waals surface area contributed by atoms with Gasteiger partial charge in [-0.15, -0.1) is 0 Å². The van der Waals surface area contributed by atoms with E-state index in [4.69, 9.17) is 10.8 Å². The smallest absolute Gasteiger partial charge is 0.245 e. The molecule has 5 heteroatoms. The maximum atomic E-state index is 10.2. The molecule has 0 saturated heterocycles. The zero-order chi connectivity index (χ0) is 9.23. The lowest BCUT2D eigenvalue weighted by Crippen LogP contribution is -2.25. The molecular weight excluding hydrogens is 160 g/mol. The molecule has 0 radical (unpaired) electrons. The molecule has 0 aromatic rings. The molecule has 0 unspecified atom stereocenters. The van der Waals surface area contributed by atoms with Crippen LogP contribution in [0.4, 0.5) is 0 Å². The van der Waals surface area contributed by atoms with Crippen molar-refractivity contribution in [1.82, 2.24) is 5.48 Å². The summed E-state index contributed by atoms with van der Waals surface area (Å²) in [5.41, 5.74) is 7.41. The third kappa shape index (κ3) is 9.35. The number of rotatable bonds is 8. The molecule has 0 atom stereocenters. The van der Waals surface area contributed by atoms with Crippen LogP contribution in [0, 0.1) is 0 Å². The highest BCUT2D eigenvalue weighted by Gasteiger charge is 1.92. The number of carbonyl (C=O) groups is 1. The minimum atomic E-state index is -0.488. The summed E-state index contributed by atoms with van der Waals surface area (Å²) in [5, 5.41) is 8.43. The molecule has 0 bridgehead atoms. The van der Waals surface area contributed by atoms with Gasteiger partial charge in [0.05, 0.1) is 0 Å². The Morgan fingerprint density at radius 3 is 2.75 bits per heavy atom. The average Bonchev–Trinajstić information content (AvgIpc) is 2.02. The SMILES string of the molecule is NC(=O)CONCCCCCO. The fourth-order valence-corrected chi connectivity index (χ4v) is 0.680. The van der Waals surface area contributed by atoms with Crippen LogP contribution in [0.5, 0.6) is 0 Å². The Morgan fingerprint density at radius 2 is 2.17 bits per heavy atom. The summed E-state index contributed by atoms with van der Waals surface area (Å²) in [6, 6.07) is 0. The number of nitrogens with one attached hydrogen (secondary N) is 1. The van der Waals surface area contributed by atoms with Crippen molar-refractivity contribution in [2.45, 2.75) is 19.3 Å². The molecule has 0 aromatic heterocycles. The van der Waals surface area contributed by atoms with Crippen LogP contribution in [-0.4, -0.2) is 30.8 Å². The summed E-state index contributed by atoms with van der Waals surface area (Å²) < 4.78 is 0. The van der Waals surface area contributed by atoms with E-state index in [2.05, 4.69) is 10.3 Å². The third-order valence-corrected chi connectivity index (χ3v) is 1.25. The molecule has 0 rings (SSSR count). The molecule has 12 heavy (non-hydrogen) atoms. The van der Waals surface area contributed by atoms with E-state index in [1.165, 1.54) is 0 Å². The van der Waals surface area contributed by atoms with Crippen molar-refractivity contribution >= 4 is 5.91 Å². The zero-order valence-corrected chi connectivity index (χ0v) is 7.08. The molecule has 0 saturated carbocycles. The second-order valence-electron chi connectivity index (χ2n) is 2.43. The number of hydroxylamine groups is 1. The monoisotopic (exact) mass is 176 g/mol. The molecule has 0 aliphatic heterocycles. The highest BCUT2D eigenvalue weighted by atomic mass is 16.6. The first-order chi connectivity index (χ1) is 5.77. The quantitative estimate of drug-likeness (QED) is 0.332. The van der Waals surface area contributed by atoms with E-state index in [1.54, 1.807) is 0 Å². The Kier molecular flexibility index (Phi) is 7.99. The summed E-state index contributed by atoms with van der Waals surface area (Å²) >= 11 is 0. The molecular formula is C7H16N2O3. The van der Waals surface area contributed by atoms with Crippen molar-refractivity contribution in [2.24, 2.45) is 5.73 Å². The number of unbranched alkanes of at least 4 members (excludes halogenated alkanes) is 2. The van der Waals surface area contributed by atoms with Crippen LogP contribution in [-0.2, 0) is 9.63 Å². The van der Waals surface area contributed by atoms with Crippen molar-refractivity contribution in [3.8, 4) is 0 Å². The number of primary amides is 1. The number of hydrogen-bond donors (Lipinski definition) is 3. The standard InChI is InChI=1S/C7H16N2O3/c8-7(11)6-12-9-4-2-1-3-5-10/h9-10H,1-6H2,(H2,8,11). The predicted molar refractivity (Wildman–Crippen MR) is 44.1 cm³/mol. The largest absolute Gasteiger partial charge is 0.396 e. The number of aliphatic hydroxyl groups excluding tert-OH is 1. The van der Waals surface area contributed by atoms with E-state index in [0.29, 0.717) is 6.54 Å². The van der Waals surface area contributed by atoms with Crippen molar-refractivity contribution in [2.75, 3.05) is 19.8 Å². The van der Waals surface area contributed by atoms with Crippen LogP contribution in [0.1, 0.15) is 19.3 Å². The molecule has 0 aromatic carbocycles. The van der Waals surface area contributed by atoms with Crippen LogP contribution in [0.15, 0.2) is 0 Å². The van der Waals surface area contributed by atoms with Gasteiger partial charge >= 0.3 is 0 Å². The minimum absolute atomic E-state index is 0.0972. The van der Waals surface area contributed by atoms with Crippen molar-refractivity contribution < 1.29 is 14.7 Å². The molecule has 0 fully saturated rings. The Hall–Kier alpha value is -0.650. The van der Waals surface area contributed by atoms with E-state index in [1.807, 2.05) is 0 Å². The van der Waals surface area contributed by atoms with Crippen molar-refractivity contribution in [1.29, 1.82) is 0 Å². The molecule has 0 aliphatic carbocycles. The van der Waals surface area contributed by atoms with E-state index >= 15 is 0 Å². The van der Waals surface area contributed by atoms with E-state index in [9.17, 15) is 4.79 Å². The summed E-state index contributed by atoms with van der Waals surface area (Å²) in [6.07, 6.45) is 2.67.